The molecule has 0 aromatic heterocycles. The second-order valence-corrected chi connectivity index (χ2v) is 9.99. The predicted octanol–water partition coefficient (Wildman–Crippen LogP) is 6.06. The number of fused-ring (bicyclic) bond motifs is 3. The van der Waals surface area contributed by atoms with Gasteiger partial charge in [-0.25, -0.2) is 0 Å². The molecule has 1 fully saturated rings. The number of aromatic hydroxyl groups is 1. The molecule has 1 saturated carbocycles. The summed E-state index contributed by atoms with van der Waals surface area (Å²) < 4.78 is 6.44. The van der Waals surface area contributed by atoms with Gasteiger partial charge in [-0.2, -0.15) is 0 Å². The first-order valence-corrected chi connectivity index (χ1v) is 10.9. The number of phenolic OH excluding ortho intramolecular Hbond substituents is 1. The SMILES string of the molecule is CCCCCCC(C)(C)c1cc(O)c2c(c1)OC(C)(C)[C@@H]1CC[C@H](O)C[C@H]21. The zero-order valence-corrected chi connectivity index (χ0v) is 17.8. The molecule has 0 unspecified atom stereocenters. The molecule has 0 amide bonds. The van der Waals surface area contributed by atoms with Crippen molar-refractivity contribution < 1.29 is 14.9 Å². The molecule has 152 valence electrons. The van der Waals surface area contributed by atoms with Gasteiger partial charge >= 0.3 is 0 Å². The fraction of sp³-hybridized carbons (Fsp3) is 0.750. The summed E-state index contributed by atoms with van der Waals surface area (Å²) >= 11 is 0. The van der Waals surface area contributed by atoms with E-state index in [0.717, 1.165) is 42.6 Å². The molecule has 0 spiro atoms. The highest BCUT2D eigenvalue weighted by molar-refractivity contribution is 5.53. The van der Waals surface area contributed by atoms with E-state index in [1.54, 1.807) is 0 Å². The maximum Gasteiger partial charge on any atom is 0.127 e. The molecule has 0 saturated heterocycles. The van der Waals surface area contributed by atoms with Crippen LogP contribution in [0.5, 0.6) is 11.5 Å². The number of hydrogen-bond donors (Lipinski definition) is 2. The van der Waals surface area contributed by atoms with Crippen LogP contribution >= 0.6 is 0 Å². The molecular weight excluding hydrogens is 336 g/mol. The van der Waals surface area contributed by atoms with Gasteiger partial charge in [-0.05, 0) is 62.6 Å². The minimum Gasteiger partial charge on any atom is -0.508 e. The Labute approximate surface area is 165 Å². The lowest BCUT2D eigenvalue weighted by Crippen LogP contribution is -2.47. The monoisotopic (exact) mass is 374 g/mol. The number of phenols is 1. The number of aliphatic hydroxyl groups excluding tert-OH is 1. The summed E-state index contributed by atoms with van der Waals surface area (Å²) in [4.78, 5) is 0. The highest BCUT2D eigenvalue weighted by Crippen LogP contribution is 2.55. The highest BCUT2D eigenvalue weighted by Gasteiger charge is 2.47. The van der Waals surface area contributed by atoms with Crippen molar-refractivity contribution in [2.75, 3.05) is 0 Å². The third-order valence-corrected chi connectivity index (χ3v) is 7.02. The van der Waals surface area contributed by atoms with Gasteiger partial charge in [0.2, 0.25) is 0 Å². The van der Waals surface area contributed by atoms with Crippen LogP contribution in [0.2, 0.25) is 0 Å². The predicted molar refractivity (Wildman–Crippen MR) is 111 cm³/mol. The minimum atomic E-state index is -0.276. The lowest BCUT2D eigenvalue weighted by Gasteiger charge is -2.48. The van der Waals surface area contributed by atoms with E-state index in [-0.39, 0.29) is 23.0 Å². The van der Waals surface area contributed by atoms with Crippen molar-refractivity contribution in [3.05, 3.63) is 23.3 Å². The Morgan fingerprint density at radius 1 is 1.15 bits per heavy atom. The van der Waals surface area contributed by atoms with Crippen LogP contribution in [0.25, 0.3) is 0 Å². The van der Waals surface area contributed by atoms with Gasteiger partial charge in [0.1, 0.15) is 17.1 Å². The van der Waals surface area contributed by atoms with Crippen molar-refractivity contribution in [3.63, 3.8) is 0 Å². The number of rotatable bonds is 6. The highest BCUT2D eigenvalue weighted by atomic mass is 16.5. The largest absolute Gasteiger partial charge is 0.508 e. The molecule has 0 radical (unpaired) electrons. The van der Waals surface area contributed by atoms with Gasteiger partial charge in [-0.15, -0.1) is 0 Å². The van der Waals surface area contributed by atoms with Crippen molar-refractivity contribution in [1.82, 2.24) is 0 Å². The Morgan fingerprint density at radius 2 is 1.89 bits per heavy atom. The Morgan fingerprint density at radius 3 is 2.59 bits per heavy atom. The van der Waals surface area contributed by atoms with Crippen molar-refractivity contribution in [2.45, 2.75) is 109 Å². The Kier molecular flexibility index (Phi) is 5.82. The smallest absolute Gasteiger partial charge is 0.127 e. The summed E-state index contributed by atoms with van der Waals surface area (Å²) in [5, 5.41) is 21.2. The molecule has 1 aromatic carbocycles. The molecule has 0 bridgehead atoms. The van der Waals surface area contributed by atoms with E-state index >= 15 is 0 Å². The fourth-order valence-electron chi connectivity index (χ4n) is 5.26. The van der Waals surface area contributed by atoms with Gasteiger partial charge in [0.15, 0.2) is 0 Å². The molecule has 2 N–H and O–H groups in total. The number of unbranched alkanes of at least 4 members (excludes halogenated alkanes) is 3. The van der Waals surface area contributed by atoms with E-state index < -0.39 is 0 Å². The first-order valence-electron chi connectivity index (χ1n) is 10.9. The normalized spacial score (nSPS) is 26.8. The third kappa shape index (κ3) is 4.13. The van der Waals surface area contributed by atoms with E-state index in [2.05, 4.69) is 40.7 Å². The van der Waals surface area contributed by atoms with Crippen molar-refractivity contribution in [2.24, 2.45) is 5.92 Å². The Balaban J connectivity index is 1.91. The van der Waals surface area contributed by atoms with Crippen molar-refractivity contribution >= 4 is 0 Å². The first-order chi connectivity index (χ1) is 12.7. The van der Waals surface area contributed by atoms with Crippen LogP contribution in [0, 0.1) is 5.92 Å². The van der Waals surface area contributed by atoms with Crippen molar-refractivity contribution in [3.8, 4) is 11.5 Å². The standard InChI is InChI=1S/C24H38O3/c1-6-7-8-9-12-23(2,3)16-13-20(26)22-18-15-17(25)10-11-19(18)24(4,5)27-21(22)14-16/h13-14,17-19,25-26H,6-12,15H2,1-5H3/t17-,18-,19+/m0/s1. The maximum atomic E-state index is 10.9. The summed E-state index contributed by atoms with van der Waals surface area (Å²) in [5.74, 6) is 1.69. The van der Waals surface area contributed by atoms with Crippen LogP contribution in [0.3, 0.4) is 0 Å². The maximum absolute atomic E-state index is 10.9. The average molecular weight is 375 g/mol. The zero-order chi connectivity index (χ0) is 19.8. The molecule has 2 aliphatic rings. The first kappa shape index (κ1) is 20.5. The van der Waals surface area contributed by atoms with E-state index in [9.17, 15) is 10.2 Å². The molecule has 27 heavy (non-hydrogen) atoms. The zero-order valence-electron chi connectivity index (χ0n) is 17.8. The Hall–Kier alpha value is -1.22. The van der Waals surface area contributed by atoms with Gasteiger partial charge < -0.3 is 14.9 Å². The van der Waals surface area contributed by atoms with Gasteiger partial charge in [-0.1, -0.05) is 46.5 Å². The topological polar surface area (TPSA) is 49.7 Å². The van der Waals surface area contributed by atoms with Crippen LogP contribution < -0.4 is 4.74 Å². The molecular formula is C24H38O3. The Bertz CT molecular complexity index is 662. The van der Waals surface area contributed by atoms with Gasteiger partial charge in [-0.3, -0.25) is 0 Å². The summed E-state index contributed by atoms with van der Waals surface area (Å²) in [6.07, 6.45) is 8.34. The molecule has 3 heteroatoms. The van der Waals surface area contributed by atoms with Gasteiger partial charge in [0.25, 0.3) is 0 Å². The quantitative estimate of drug-likeness (QED) is 0.595. The molecule has 1 heterocycles. The van der Waals surface area contributed by atoms with Crippen LogP contribution in [-0.4, -0.2) is 21.9 Å². The van der Waals surface area contributed by atoms with Crippen LogP contribution in [-0.2, 0) is 5.41 Å². The third-order valence-electron chi connectivity index (χ3n) is 7.02. The summed E-state index contributed by atoms with van der Waals surface area (Å²) in [7, 11) is 0. The number of aliphatic hydroxyl groups is 1. The second-order valence-electron chi connectivity index (χ2n) is 9.99. The van der Waals surface area contributed by atoms with Crippen LogP contribution in [0.1, 0.15) is 103 Å². The van der Waals surface area contributed by atoms with Crippen LogP contribution in [0.4, 0.5) is 0 Å². The number of benzene rings is 1. The number of ether oxygens (including phenoxy) is 1. The van der Waals surface area contributed by atoms with E-state index in [4.69, 9.17) is 4.74 Å². The van der Waals surface area contributed by atoms with E-state index in [1.807, 2.05) is 6.07 Å². The fourth-order valence-corrected chi connectivity index (χ4v) is 5.26. The van der Waals surface area contributed by atoms with Gasteiger partial charge in [0, 0.05) is 17.4 Å². The average Bonchev–Trinajstić information content (AvgIpc) is 2.57. The molecule has 3 nitrogen and oxygen atoms in total. The number of hydrogen-bond acceptors (Lipinski definition) is 3. The summed E-state index contributed by atoms with van der Waals surface area (Å²) in [5.41, 5.74) is 1.81. The minimum absolute atomic E-state index is 0.0106. The molecule has 1 aromatic rings. The van der Waals surface area contributed by atoms with Crippen molar-refractivity contribution in [1.29, 1.82) is 0 Å². The molecule has 1 aliphatic carbocycles. The van der Waals surface area contributed by atoms with E-state index in [0.29, 0.717) is 11.7 Å². The van der Waals surface area contributed by atoms with Crippen LogP contribution in [0.15, 0.2) is 12.1 Å². The second kappa shape index (κ2) is 7.66. The lowest BCUT2D eigenvalue weighted by molar-refractivity contribution is -0.0318. The molecule has 3 atom stereocenters. The summed E-state index contributed by atoms with van der Waals surface area (Å²) in [6.45, 7) is 11.1. The van der Waals surface area contributed by atoms with Gasteiger partial charge in [0.05, 0.1) is 6.10 Å². The lowest BCUT2D eigenvalue weighted by atomic mass is 9.65. The van der Waals surface area contributed by atoms with E-state index in [1.165, 1.54) is 25.7 Å². The molecule has 3 rings (SSSR count). The molecule has 1 aliphatic heterocycles. The summed E-state index contributed by atoms with van der Waals surface area (Å²) in [6, 6.07) is 4.12.